The maximum absolute atomic E-state index is 12.8. The van der Waals surface area contributed by atoms with E-state index < -0.39 is 0 Å². The third-order valence-corrected chi connectivity index (χ3v) is 2.71. The van der Waals surface area contributed by atoms with Crippen molar-refractivity contribution >= 4 is 17.5 Å². The van der Waals surface area contributed by atoms with E-state index in [-0.39, 0.29) is 11.7 Å². The van der Waals surface area contributed by atoms with Crippen LogP contribution in [-0.4, -0.2) is 43.4 Å². The largest absolute Gasteiger partial charge is 0.348 e. The number of halogens is 2. The lowest BCUT2D eigenvalue weighted by Gasteiger charge is -2.19. The number of amides is 1. The van der Waals surface area contributed by atoms with Crippen LogP contribution < -0.4 is 0 Å². The Hall–Kier alpha value is -1.13. The van der Waals surface area contributed by atoms with Crippen molar-refractivity contribution in [1.82, 2.24) is 9.80 Å². The van der Waals surface area contributed by atoms with Gasteiger partial charge in [0.2, 0.25) is 5.91 Å². The molecule has 0 aromatic heterocycles. The van der Waals surface area contributed by atoms with Crippen LogP contribution in [0.25, 0.3) is 0 Å². The molecule has 0 N–H and O–H groups in total. The molecule has 17 heavy (non-hydrogen) atoms. The molecular weight excluding hydrogens is 243 g/mol. The summed E-state index contributed by atoms with van der Waals surface area (Å²) in [4.78, 5) is 14.8. The molecule has 5 heteroatoms. The molecule has 1 amide bonds. The first kappa shape index (κ1) is 13.9. The van der Waals surface area contributed by atoms with E-state index in [4.69, 9.17) is 11.6 Å². The van der Waals surface area contributed by atoms with Crippen molar-refractivity contribution in [2.45, 2.75) is 6.54 Å². The zero-order chi connectivity index (χ0) is 13.0. The van der Waals surface area contributed by atoms with Crippen LogP contribution in [0.15, 0.2) is 18.2 Å². The molecule has 0 heterocycles. The molecule has 1 aromatic carbocycles. The van der Waals surface area contributed by atoms with Crippen molar-refractivity contribution in [1.29, 1.82) is 0 Å². The molecule has 0 saturated carbocycles. The van der Waals surface area contributed by atoms with E-state index >= 15 is 0 Å². The van der Waals surface area contributed by atoms with Gasteiger partial charge in [0.15, 0.2) is 0 Å². The van der Waals surface area contributed by atoms with Gasteiger partial charge in [-0.1, -0.05) is 17.7 Å². The smallest absolute Gasteiger partial charge is 0.236 e. The van der Waals surface area contributed by atoms with Gasteiger partial charge in [-0.25, -0.2) is 4.39 Å². The van der Waals surface area contributed by atoms with Crippen LogP contribution >= 0.6 is 11.6 Å². The van der Waals surface area contributed by atoms with Crippen LogP contribution in [-0.2, 0) is 11.3 Å². The number of hydrogen-bond donors (Lipinski definition) is 0. The highest BCUT2D eigenvalue weighted by molar-refractivity contribution is 6.31. The van der Waals surface area contributed by atoms with Gasteiger partial charge >= 0.3 is 0 Å². The van der Waals surface area contributed by atoms with Crippen molar-refractivity contribution in [2.75, 3.05) is 27.7 Å². The standard InChI is InChI=1S/C12H16ClFN2O/c1-15(2)12(17)8-16(3)7-9-4-5-10(14)6-11(9)13/h4-6H,7-8H2,1-3H3. The first-order chi connectivity index (χ1) is 7.90. The van der Waals surface area contributed by atoms with Crippen LogP contribution in [0, 0.1) is 5.82 Å². The fourth-order valence-corrected chi connectivity index (χ4v) is 1.60. The monoisotopic (exact) mass is 258 g/mol. The summed E-state index contributed by atoms with van der Waals surface area (Å²) in [7, 11) is 5.24. The summed E-state index contributed by atoms with van der Waals surface area (Å²) in [5, 5.41) is 0.383. The third-order valence-electron chi connectivity index (χ3n) is 2.36. The quantitative estimate of drug-likeness (QED) is 0.825. The Morgan fingerprint density at radius 3 is 2.53 bits per heavy atom. The molecule has 0 spiro atoms. The van der Waals surface area contributed by atoms with Gasteiger partial charge in [0, 0.05) is 25.7 Å². The lowest BCUT2D eigenvalue weighted by atomic mass is 10.2. The minimum Gasteiger partial charge on any atom is -0.348 e. The molecule has 94 valence electrons. The number of rotatable bonds is 4. The molecule has 0 fully saturated rings. The van der Waals surface area contributed by atoms with E-state index in [0.29, 0.717) is 18.1 Å². The Morgan fingerprint density at radius 2 is 2.00 bits per heavy atom. The molecule has 0 saturated heterocycles. The average Bonchev–Trinajstić information content (AvgIpc) is 2.22. The van der Waals surface area contributed by atoms with E-state index in [1.54, 1.807) is 20.2 Å². The Bertz CT molecular complexity index is 409. The van der Waals surface area contributed by atoms with Crippen LogP contribution in [0.1, 0.15) is 5.56 Å². The summed E-state index contributed by atoms with van der Waals surface area (Å²) in [6.07, 6.45) is 0. The molecule has 0 aliphatic carbocycles. The van der Waals surface area contributed by atoms with Crippen molar-refractivity contribution in [2.24, 2.45) is 0 Å². The van der Waals surface area contributed by atoms with Gasteiger partial charge in [-0.3, -0.25) is 9.69 Å². The second kappa shape index (κ2) is 5.98. The van der Waals surface area contributed by atoms with E-state index in [0.717, 1.165) is 5.56 Å². The molecule has 0 atom stereocenters. The molecule has 3 nitrogen and oxygen atoms in total. The highest BCUT2D eigenvalue weighted by Gasteiger charge is 2.10. The van der Waals surface area contributed by atoms with Crippen LogP contribution in [0.4, 0.5) is 4.39 Å². The van der Waals surface area contributed by atoms with Gasteiger partial charge in [-0.15, -0.1) is 0 Å². The lowest BCUT2D eigenvalue weighted by Crippen LogP contribution is -2.34. The molecular formula is C12H16ClFN2O. The van der Waals surface area contributed by atoms with Gasteiger partial charge in [-0.05, 0) is 24.7 Å². The maximum Gasteiger partial charge on any atom is 0.236 e. The normalized spacial score (nSPS) is 10.7. The predicted octanol–water partition coefficient (Wildman–Crippen LogP) is 2.00. The molecule has 0 radical (unpaired) electrons. The van der Waals surface area contributed by atoms with E-state index in [9.17, 15) is 9.18 Å². The van der Waals surface area contributed by atoms with Crippen molar-refractivity contribution < 1.29 is 9.18 Å². The zero-order valence-electron chi connectivity index (χ0n) is 10.2. The van der Waals surface area contributed by atoms with E-state index in [1.807, 2.05) is 11.9 Å². The summed E-state index contributed by atoms with van der Waals surface area (Å²) in [5.74, 6) is -0.337. The molecule has 1 rings (SSSR count). The zero-order valence-corrected chi connectivity index (χ0v) is 11.0. The Labute approximate surface area is 106 Å². The first-order valence-electron chi connectivity index (χ1n) is 5.22. The number of nitrogens with zero attached hydrogens (tertiary/aromatic N) is 2. The predicted molar refractivity (Wildman–Crippen MR) is 66.4 cm³/mol. The summed E-state index contributed by atoms with van der Waals surface area (Å²) >= 11 is 5.91. The second-order valence-electron chi connectivity index (χ2n) is 4.20. The van der Waals surface area contributed by atoms with Crippen molar-refractivity contribution in [3.8, 4) is 0 Å². The average molecular weight is 259 g/mol. The molecule has 1 aromatic rings. The Morgan fingerprint density at radius 1 is 1.35 bits per heavy atom. The molecule has 0 aliphatic heterocycles. The number of hydrogen-bond acceptors (Lipinski definition) is 2. The summed E-state index contributed by atoms with van der Waals surface area (Å²) in [6.45, 7) is 0.819. The molecule has 0 aliphatic rings. The first-order valence-corrected chi connectivity index (χ1v) is 5.60. The van der Waals surface area contributed by atoms with Gasteiger partial charge in [-0.2, -0.15) is 0 Å². The summed E-state index contributed by atoms with van der Waals surface area (Å²) < 4.78 is 12.8. The van der Waals surface area contributed by atoms with Crippen molar-refractivity contribution in [3.05, 3.63) is 34.6 Å². The highest BCUT2D eigenvalue weighted by atomic mass is 35.5. The van der Waals surface area contributed by atoms with Gasteiger partial charge in [0.05, 0.1) is 6.54 Å². The van der Waals surface area contributed by atoms with E-state index in [1.165, 1.54) is 17.0 Å². The number of likely N-dealkylation sites (N-methyl/N-ethyl adjacent to an activating group) is 2. The topological polar surface area (TPSA) is 23.6 Å². The van der Waals surface area contributed by atoms with Gasteiger partial charge in [0.25, 0.3) is 0 Å². The Balaban J connectivity index is 2.62. The van der Waals surface area contributed by atoms with Gasteiger partial charge in [0.1, 0.15) is 5.82 Å². The van der Waals surface area contributed by atoms with Crippen molar-refractivity contribution in [3.63, 3.8) is 0 Å². The second-order valence-corrected chi connectivity index (χ2v) is 4.60. The number of carbonyl (C=O) groups excluding carboxylic acids is 1. The minimum absolute atomic E-state index is 0.0192. The van der Waals surface area contributed by atoms with E-state index in [2.05, 4.69) is 0 Å². The van der Waals surface area contributed by atoms with Crippen LogP contribution in [0.5, 0.6) is 0 Å². The maximum atomic E-state index is 12.8. The van der Waals surface area contributed by atoms with Crippen LogP contribution in [0.3, 0.4) is 0 Å². The fourth-order valence-electron chi connectivity index (χ4n) is 1.37. The molecule has 0 bridgehead atoms. The number of carbonyl (C=O) groups is 1. The highest BCUT2D eigenvalue weighted by Crippen LogP contribution is 2.18. The summed E-state index contributed by atoms with van der Waals surface area (Å²) in [5.41, 5.74) is 0.808. The minimum atomic E-state index is -0.356. The number of benzene rings is 1. The SMILES string of the molecule is CN(CC(=O)N(C)C)Cc1ccc(F)cc1Cl. The molecule has 0 unspecified atom stereocenters. The summed E-state index contributed by atoms with van der Waals surface area (Å²) in [6, 6.07) is 4.27. The van der Waals surface area contributed by atoms with Gasteiger partial charge < -0.3 is 4.90 Å². The Kier molecular flexibility index (Phi) is 4.90. The fraction of sp³-hybridized carbons (Fsp3) is 0.417. The lowest BCUT2D eigenvalue weighted by molar-refractivity contribution is -0.129. The third kappa shape index (κ3) is 4.32. The van der Waals surface area contributed by atoms with Crippen LogP contribution in [0.2, 0.25) is 5.02 Å².